The third-order valence-electron chi connectivity index (χ3n) is 2.25. The van der Waals surface area contributed by atoms with E-state index in [2.05, 4.69) is 5.32 Å². The van der Waals surface area contributed by atoms with Crippen LogP contribution in [0.5, 0.6) is 0 Å². The van der Waals surface area contributed by atoms with Gasteiger partial charge in [-0.3, -0.25) is 0 Å². The lowest BCUT2D eigenvalue weighted by Crippen LogP contribution is -2.41. The molecule has 0 radical (unpaired) electrons. The number of alkyl halides is 2. The van der Waals surface area contributed by atoms with E-state index in [-0.39, 0.29) is 24.7 Å². The van der Waals surface area contributed by atoms with Gasteiger partial charge in [0, 0.05) is 6.42 Å². The monoisotopic (exact) mass is 213 g/mol. The van der Waals surface area contributed by atoms with Crippen LogP contribution in [0.25, 0.3) is 0 Å². The molecule has 1 aliphatic heterocycles. The standard InChI is InChI=1S/C9H17F2N.ClH/c1-7(2)6-9(10,11)8-4-3-5-12-8;/h7-8,12H,3-6H2,1-2H3;1H. The van der Waals surface area contributed by atoms with E-state index in [9.17, 15) is 8.78 Å². The van der Waals surface area contributed by atoms with Gasteiger partial charge < -0.3 is 5.32 Å². The normalized spacial score (nSPS) is 23.3. The Bertz CT molecular complexity index is 145. The minimum absolute atomic E-state index is 0. The molecule has 0 aromatic carbocycles. The van der Waals surface area contributed by atoms with E-state index in [1.165, 1.54) is 0 Å². The summed E-state index contributed by atoms with van der Waals surface area (Å²) in [5, 5.41) is 2.85. The van der Waals surface area contributed by atoms with Gasteiger partial charge in [-0.05, 0) is 25.3 Å². The molecule has 1 saturated heterocycles. The average molecular weight is 214 g/mol. The largest absolute Gasteiger partial charge is 0.309 e. The predicted octanol–water partition coefficient (Wildman–Crippen LogP) is 2.84. The Kier molecular flexibility index (Phi) is 5.15. The Morgan fingerprint density at radius 3 is 2.46 bits per heavy atom. The molecule has 1 heterocycles. The summed E-state index contributed by atoms with van der Waals surface area (Å²) < 4.78 is 26.6. The van der Waals surface area contributed by atoms with E-state index in [1.807, 2.05) is 13.8 Å². The topological polar surface area (TPSA) is 12.0 Å². The van der Waals surface area contributed by atoms with Crippen LogP contribution in [0.2, 0.25) is 0 Å². The lowest BCUT2D eigenvalue weighted by Gasteiger charge is -2.24. The lowest BCUT2D eigenvalue weighted by molar-refractivity contribution is -0.0489. The number of rotatable bonds is 3. The fraction of sp³-hybridized carbons (Fsp3) is 1.00. The summed E-state index contributed by atoms with van der Waals surface area (Å²) in [7, 11) is 0. The van der Waals surface area contributed by atoms with Crippen molar-refractivity contribution in [3.63, 3.8) is 0 Å². The zero-order valence-electron chi connectivity index (χ0n) is 8.15. The third-order valence-corrected chi connectivity index (χ3v) is 2.25. The maximum Gasteiger partial charge on any atom is 0.263 e. The maximum atomic E-state index is 13.3. The average Bonchev–Trinajstić information content (AvgIpc) is 2.32. The molecule has 4 heteroatoms. The van der Waals surface area contributed by atoms with Gasteiger partial charge >= 0.3 is 0 Å². The maximum absolute atomic E-state index is 13.3. The molecule has 0 aliphatic carbocycles. The highest BCUT2D eigenvalue weighted by atomic mass is 35.5. The lowest BCUT2D eigenvalue weighted by atomic mass is 9.98. The summed E-state index contributed by atoms with van der Waals surface area (Å²) in [4.78, 5) is 0. The van der Waals surface area contributed by atoms with Crippen molar-refractivity contribution in [3.05, 3.63) is 0 Å². The summed E-state index contributed by atoms with van der Waals surface area (Å²) in [6.45, 7) is 4.42. The molecular formula is C9H18ClF2N. The second kappa shape index (κ2) is 5.11. The summed E-state index contributed by atoms with van der Waals surface area (Å²) in [5.41, 5.74) is 0. The van der Waals surface area contributed by atoms with Crippen LogP contribution in [0.4, 0.5) is 8.78 Å². The molecule has 1 unspecified atom stereocenters. The van der Waals surface area contributed by atoms with Crippen LogP contribution in [-0.4, -0.2) is 18.5 Å². The zero-order valence-corrected chi connectivity index (χ0v) is 8.96. The van der Waals surface area contributed by atoms with Crippen LogP contribution in [0.3, 0.4) is 0 Å². The van der Waals surface area contributed by atoms with Crippen molar-refractivity contribution >= 4 is 12.4 Å². The van der Waals surface area contributed by atoms with Crippen LogP contribution < -0.4 is 5.32 Å². The smallest absolute Gasteiger partial charge is 0.263 e. The Labute approximate surface area is 84.7 Å². The van der Waals surface area contributed by atoms with Crippen molar-refractivity contribution in [2.24, 2.45) is 5.92 Å². The summed E-state index contributed by atoms with van der Waals surface area (Å²) in [6, 6.07) is -0.570. The first-order valence-corrected chi connectivity index (χ1v) is 4.63. The van der Waals surface area contributed by atoms with Crippen molar-refractivity contribution in [1.82, 2.24) is 5.32 Å². The van der Waals surface area contributed by atoms with Crippen molar-refractivity contribution < 1.29 is 8.78 Å². The van der Waals surface area contributed by atoms with Gasteiger partial charge in [0.1, 0.15) is 0 Å². The SMILES string of the molecule is CC(C)CC(F)(F)C1CCCN1.Cl. The van der Waals surface area contributed by atoms with Gasteiger partial charge in [0.25, 0.3) is 5.92 Å². The summed E-state index contributed by atoms with van der Waals surface area (Å²) in [6.07, 6.45) is 1.52. The van der Waals surface area contributed by atoms with Crippen molar-refractivity contribution in [3.8, 4) is 0 Å². The van der Waals surface area contributed by atoms with E-state index in [0.29, 0.717) is 6.42 Å². The highest BCUT2D eigenvalue weighted by molar-refractivity contribution is 5.85. The van der Waals surface area contributed by atoms with Gasteiger partial charge in [0.15, 0.2) is 0 Å². The second-order valence-corrected chi connectivity index (χ2v) is 4.01. The highest BCUT2D eigenvalue weighted by Crippen LogP contribution is 2.31. The molecule has 0 amide bonds. The summed E-state index contributed by atoms with van der Waals surface area (Å²) in [5.74, 6) is -2.44. The van der Waals surface area contributed by atoms with Crippen LogP contribution in [0.1, 0.15) is 33.1 Å². The molecule has 0 saturated carbocycles. The summed E-state index contributed by atoms with van der Waals surface area (Å²) >= 11 is 0. The molecule has 0 bridgehead atoms. The molecular weight excluding hydrogens is 196 g/mol. The van der Waals surface area contributed by atoms with Crippen molar-refractivity contribution in [1.29, 1.82) is 0 Å². The molecule has 1 rings (SSSR count). The van der Waals surface area contributed by atoms with Crippen LogP contribution in [-0.2, 0) is 0 Å². The molecule has 13 heavy (non-hydrogen) atoms. The van der Waals surface area contributed by atoms with E-state index < -0.39 is 12.0 Å². The number of nitrogens with one attached hydrogen (secondary N) is 1. The molecule has 0 aromatic rings. The van der Waals surface area contributed by atoms with Crippen molar-refractivity contribution in [2.75, 3.05) is 6.54 Å². The molecule has 1 atom stereocenters. The number of hydrogen-bond acceptors (Lipinski definition) is 1. The van der Waals surface area contributed by atoms with Gasteiger partial charge in [0.05, 0.1) is 6.04 Å². The van der Waals surface area contributed by atoms with Gasteiger partial charge in [-0.15, -0.1) is 12.4 Å². The van der Waals surface area contributed by atoms with Gasteiger partial charge in [0.2, 0.25) is 0 Å². The van der Waals surface area contributed by atoms with Crippen LogP contribution in [0, 0.1) is 5.92 Å². The van der Waals surface area contributed by atoms with Crippen LogP contribution >= 0.6 is 12.4 Å². The predicted molar refractivity (Wildman–Crippen MR) is 52.7 cm³/mol. The first kappa shape index (κ1) is 13.1. The van der Waals surface area contributed by atoms with Crippen molar-refractivity contribution in [2.45, 2.75) is 45.1 Å². The van der Waals surface area contributed by atoms with E-state index >= 15 is 0 Å². The molecule has 1 fully saturated rings. The first-order chi connectivity index (χ1) is 5.52. The Morgan fingerprint density at radius 1 is 1.46 bits per heavy atom. The van der Waals surface area contributed by atoms with Gasteiger partial charge in [-0.1, -0.05) is 13.8 Å². The number of hydrogen-bond donors (Lipinski definition) is 1. The zero-order chi connectivity index (χ0) is 9.19. The third kappa shape index (κ3) is 3.77. The Morgan fingerprint density at radius 2 is 2.08 bits per heavy atom. The quantitative estimate of drug-likeness (QED) is 0.760. The Balaban J connectivity index is 0.00000144. The first-order valence-electron chi connectivity index (χ1n) is 4.63. The minimum atomic E-state index is -2.51. The Hall–Kier alpha value is 0.110. The molecule has 1 N–H and O–H groups in total. The number of halogens is 3. The van der Waals surface area contributed by atoms with Crippen LogP contribution in [0.15, 0.2) is 0 Å². The van der Waals surface area contributed by atoms with E-state index in [1.54, 1.807) is 0 Å². The minimum Gasteiger partial charge on any atom is -0.309 e. The fourth-order valence-electron chi connectivity index (χ4n) is 1.73. The molecule has 1 nitrogen and oxygen atoms in total. The molecule has 0 spiro atoms. The van der Waals surface area contributed by atoms with E-state index in [0.717, 1.165) is 13.0 Å². The molecule has 80 valence electrons. The fourth-order valence-corrected chi connectivity index (χ4v) is 1.73. The van der Waals surface area contributed by atoms with Gasteiger partial charge in [-0.2, -0.15) is 0 Å². The highest BCUT2D eigenvalue weighted by Gasteiger charge is 2.40. The molecule has 0 aromatic heterocycles. The molecule has 1 aliphatic rings. The second-order valence-electron chi connectivity index (χ2n) is 4.01. The van der Waals surface area contributed by atoms with Gasteiger partial charge in [-0.25, -0.2) is 8.78 Å². The van der Waals surface area contributed by atoms with E-state index in [4.69, 9.17) is 0 Å².